The zero-order valence-electron chi connectivity index (χ0n) is 11.9. The van der Waals surface area contributed by atoms with Gasteiger partial charge in [-0.25, -0.2) is 9.98 Å². The van der Waals surface area contributed by atoms with Crippen LogP contribution in [0.4, 0.5) is 5.95 Å². The van der Waals surface area contributed by atoms with Crippen molar-refractivity contribution in [3.63, 3.8) is 0 Å². The Morgan fingerprint density at radius 2 is 2.10 bits per heavy atom. The molecule has 1 aromatic heterocycles. The minimum absolute atomic E-state index is 0.433. The molecule has 2 aromatic rings. The minimum atomic E-state index is 0.433. The second-order valence-electron chi connectivity index (χ2n) is 5.37. The number of likely N-dealkylation sites (tertiary alicyclic amines) is 1. The van der Waals surface area contributed by atoms with Crippen LogP contribution in [0.15, 0.2) is 29.3 Å². The van der Waals surface area contributed by atoms with Gasteiger partial charge in [0, 0.05) is 25.7 Å². The molecule has 1 aliphatic rings. The Labute approximate surface area is 129 Å². The van der Waals surface area contributed by atoms with Crippen LogP contribution in [0, 0.1) is 0 Å². The number of hydrogen-bond donors (Lipinski definition) is 1. The summed E-state index contributed by atoms with van der Waals surface area (Å²) in [5, 5.41) is 2.42. The second kappa shape index (κ2) is 6.35. The number of piperidine rings is 1. The average Bonchev–Trinajstić information content (AvgIpc) is 2.84. The summed E-state index contributed by atoms with van der Waals surface area (Å²) in [5.41, 5.74) is 8.24. The maximum Gasteiger partial charge on any atom is 0.201 e. The normalized spacial score (nSPS) is 17.0. The van der Waals surface area contributed by atoms with Gasteiger partial charge in [0.15, 0.2) is 0 Å². The van der Waals surface area contributed by atoms with E-state index in [0.29, 0.717) is 12.0 Å². The van der Waals surface area contributed by atoms with Gasteiger partial charge in [-0.3, -0.25) is 0 Å². The van der Waals surface area contributed by atoms with Crippen molar-refractivity contribution in [1.29, 1.82) is 0 Å². The molecule has 0 unspecified atom stereocenters. The lowest BCUT2D eigenvalue weighted by Gasteiger charge is -2.32. The third-order valence-corrected chi connectivity index (χ3v) is 4.27. The first-order chi connectivity index (χ1) is 10.3. The monoisotopic (exact) mass is 301 g/mol. The first-order valence-electron chi connectivity index (χ1n) is 7.28. The lowest BCUT2D eigenvalue weighted by Crippen LogP contribution is -2.36. The number of benzene rings is 1. The fraction of sp³-hybridized carbons (Fsp3) is 0.467. The molecule has 0 saturated carbocycles. The van der Waals surface area contributed by atoms with Crippen LogP contribution < -0.4 is 5.73 Å². The Morgan fingerprint density at radius 3 is 2.86 bits per heavy atom. The fourth-order valence-electron chi connectivity index (χ4n) is 3.09. The number of anilines is 1. The number of thiocarbonyl (C=S) groups is 1. The number of imidazole rings is 1. The number of nitrogens with two attached hydrogens (primary N) is 1. The van der Waals surface area contributed by atoms with E-state index in [1.54, 1.807) is 0 Å². The molecule has 1 fully saturated rings. The van der Waals surface area contributed by atoms with Gasteiger partial charge in [0.1, 0.15) is 0 Å². The number of aliphatic imine (C=N–C) groups is 1. The summed E-state index contributed by atoms with van der Waals surface area (Å²) in [7, 11) is 0. The van der Waals surface area contributed by atoms with Gasteiger partial charge >= 0.3 is 0 Å². The zero-order chi connectivity index (χ0) is 14.7. The Morgan fingerprint density at radius 1 is 1.33 bits per heavy atom. The number of rotatable bonds is 4. The molecule has 1 aliphatic heterocycles. The highest BCUT2D eigenvalue weighted by atomic mass is 32.1. The smallest absolute Gasteiger partial charge is 0.201 e. The van der Waals surface area contributed by atoms with Crippen LogP contribution in [0.1, 0.15) is 18.9 Å². The standard InChI is InChI=1S/C15H19N5S/c16-15-18-13-3-1-2-4-14(13)20(15)12-5-8-19(9-6-12)10-7-17-11-21/h1-4,12H,5-10H2,(H2,16,18). The molecule has 21 heavy (non-hydrogen) atoms. The molecular weight excluding hydrogens is 282 g/mol. The first kappa shape index (κ1) is 14.2. The van der Waals surface area contributed by atoms with Gasteiger partial charge in [-0.05, 0) is 37.2 Å². The van der Waals surface area contributed by atoms with Gasteiger partial charge in [0.05, 0.1) is 22.7 Å². The van der Waals surface area contributed by atoms with Gasteiger partial charge < -0.3 is 15.2 Å². The van der Waals surface area contributed by atoms with E-state index >= 15 is 0 Å². The molecule has 0 amide bonds. The third-order valence-electron chi connectivity index (χ3n) is 4.14. The second-order valence-corrected chi connectivity index (χ2v) is 5.56. The molecular formula is C15H19N5S. The van der Waals surface area contributed by atoms with E-state index in [4.69, 9.17) is 5.73 Å². The van der Waals surface area contributed by atoms with Crippen LogP contribution in [0.5, 0.6) is 0 Å². The van der Waals surface area contributed by atoms with Gasteiger partial charge in [-0.1, -0.05) is 12.1 Å². The molecule has 3 rings (SSSR count). The number of hydrogen-bond acceptors (Lipinski definition) is 5. The summed E-state index contributed by atoms with van der Waals surface area (Å²) in [4.78, 5) is 10.9. The molecule has 0 aliphatic carbocycles. The summed E-state index contributed by atoms with van der Waals surface area (Å²) < 4.78 is 2.20. The van der Waals surface area contributed by atoms with E-state index in [9.17, 15) is 0 Å². The summed E-state index contributed by atoms with van der Waals surface area (Å²) in [6.45, 7) is 3.81. The van der Waals surface area contributed by atoms with Crippen LogP contribution in [-0.4, -0.2) is 45.8 Å². The van der Waals surface area contributed by atoms with Crippen molar-refractivity contribution in [1.82, 2.24) is 14.5 Å². The molecule has 0 bridgehead atoms. The minimum Gasteiger partial charge on any atom is -0.369 e. The largest absolute Gasteiger partial charge is 0.369 e. The summed E-state index contributed by atoms with van der Waals surface area (Å²) in [6, 6.07) is 8.58. The highest BCUT2D eigenvalue weighted by Gasteiger charge is 2.23. The van der Waals surface area contributed by atoms with Crippen molar-refractivity contribution in [3.8, 4) is 0 Å². The quantitative estimate of drug-likeness (QED) is 0.695. The maximum atomic E-state index is 6.12. The number of fused-ring (bicyclic) bond motifs is 1. The van der Waals surface area contributed by atoms with Gasteiger partial charge in [-0.2, -0.15) is 0 Å². The van der Waals surface area contributed by atoms with Crippen molar-refractivity contribution < 1.29 is 0 Å². The molecule has 2 N–H and O–H groups in total. The predicted molar refractivity (Wildman–Crippen MR) is 88.7 cm³/mol. The van der Waals surface area contributed by atoms with Crippen LogP contribution in [0.2, 0.25) is 0 Å². The molecule has 6 heteroatoms. The van der Waals surface area contributed by atoms with E-state index in [0.717, 1.165) is 50.1 Å². The van der Waals surface area contributed by atoms with Crippen molar-refractivity contribution in [2.75, 3.05) is 31.9 Å². The molecule has 5 nitrogen and oxygen atoms in total. The number of nitrogens with zero attached hydrogens (tertiary/aromatic N) is 4. The topological polar surface area (TPSA) is 59.4 Å². The predicted octanol–water partition coefficient (Wildman–Crippen LogP) is 2.36. The molecule has 0 radical (unpaired) electrons. The molecule has 110 valence electrons. The maximum absolute atomic E-state index is 6.12. The highest BCUT2D eigenvalue weighted by molar-refractivity contribution is 7.78. The van der Waals surface area contributed by atoms with Crippen molar-refractivity contribution in [2.24, 2.45) is 4.99 Å². The summed E-state index contributed by atoms with van der Waals surface area (Å²) >= 11 is 4.59. The first-order valence-corrected chi connectivity index (χ1v) is 7.69. The van der Waals surface area contributed by atoms with E-state index in [2.05, 4.69) is 42.9 Å². The number of nitrogen functional groups attached to an aromatic ring is 1. The van der Waals surface area contributed by atoms with Crippen molar-refractivity contribution in [2.45, 2.75) is 18.9 Å². The van der Waals surface area contributed by atoms with E-state index < -0.39 is 0 Å². The van der Waals surface area contributed by atoms with Gasteiger partial charge in [0.25, 0.3) is 0 Å². The Kier molecular flexibility index (Phi) is 4.29. The fourth-order valence-corrected chi connectivity index (χ4v) is 3.18. The summed E-state index contributed by atoms with van der Waals surface area (Å²) in [5.74, 6) is 0.625. The van der Waals surface area contributed by atoms with Crippen LogP contribution in [0.25, 0.3) is 11.0 Å². The van der Waals surface area contributed by atoms with Gasteiger partial charge in [-0.15, -0.1) is 0 Å². The third kappa shape index (κ3) is 2.97. The van der Waals surface area contributed by atoms with Crippen LogP contribution >= 0.6 is 12.2 Å². The van der Waals surface area contributed by atoms with Gasteiger partial charge in [0.2, 0.25) is 5.95 Å². The van der Waals surface area contributed by atoms with E-state index in [1.807, 2.05) is 18.2 Å². The molecule has 0 spiro atoms. The molecule has 0 atom stereocenters. The SMILES string of the molecule is Nc1nc2ccccc2n1C1CCN(CCN=C=S)CC1. The summed E-state index contributed by atoms with van der Waals surface area (Å²) in [6.07, 6.45) is 2.18. The lowest BCUT2D eigenvalue weighted by atomic mass is 10.0. The number of aromatic nitrogens is 2. The Balaban J connectivity index is 1.71. The Hall–Kier alpha value is -1.75. The molecule has 2 heterocycles. The lowest BCUT2D eigenvalue weighted by molar-refractivity contribution is 0.194. The van der Waals surface area contributed by atoms with Crippen molar-refractivity contribution in [3.05, 3.63) is 24.3 Å². The van der Waals surface area contributed by atoms with E-state index in [-0.39, 0.29) is 0 Å². The zero-order valence-corrected chi connectivity index (χ0v) is 12.7. The molecule has 1 aromatic carbocycles. The van der Waals surface area contributed by atoms with Crippen LogP contribution in [-0.2, 0) is 0 Å². The van der Waals surface area contributed by atoms with E-state index in [1.165, 1.54) is 0 Å². The molecule has 1 saturated heterocycles. The van der Waals surface area contributed by atoms with Crippen LogP contribution in [0.3, 0.4) is 0 Å². The number of para-hydroxylation sites is 2. The number of isothiocyanates is 1. The average molecular weight is 301 g/mol. The highest BCUT2D eigenvalue weighted by Crippen LogP contribution is 2.29. The van der Waals surface area contributed by atoms with Crippen molar-refractivity contribution >= 4 is 34.4 Å². The Bertz CT molecular complexity index is 666.